The summed E-state index contributed by atoms with van der Waals surface area (Å²) in [7, 11) is 0. The van der Waals surface area contributed by atoms with E-state index in [1.807, 2.05) is 30.6 Å². The van der Waals surface area contributed by atoms with Crippen molar-refractivity contribution in [3.05, 3.63) is 52.7 Å². The monoisotopic (exact) mass is 294 g/mol. The average molecular weight is 295 g/mol. The summed E-state index contributed by atoms with van der Waals surface area (Å²) in [5, 5.41) is 3.43. The largest absolute Gasteiger partial charge is 0.466 e. The summed E-state index contributed by atoms with van der Waals surface area (Å²) in [4.78, 5) is 4.03. The molecule has 0 aliphatic rings. The van der Waals surface area contributed by atoms with Gasteiger partial charge < -0.3 is 9.73 Å². The highest BCUT2D eigenvalue weighted by Gasteiger charge is 2.17. The Morgan fingerprint density at radius 3 is 2.71 bits per heavy atom. The van der Waals surface area contributed by atoms with E-state index in [2.05, 4.69) is 33.2 Å². The third-order valence-electron chi connectivity index (χ3n) is 2.60. The molecule has 2 aromatic heterocycles. The Morgan fingerprint density at radius 1 is 1.35 bits per heavy atom. The average Bonchev–Trinajstić information content (AvgIpc) is 2.76. The van der Waals surface area contributed by atoms with Crippen LogP contribution >= 0.6 is 15.9 Å². The lowest BCUT2D eigenvalue weighted by Crippen LogP contribution is -2.22. The van der Waals surface area contributed by atoms with Crippen LogP contribution in [-0.4, -0.2) is 11.5 Å². The van der Waals surface area contributed by atoms with E-state index in [1.54, 1.807) is 6.26 Å². The van der Waals surface area contributed by atoms with Crippen LogP contribution < -0.4 is 5.32 Å². The number of furan rings is 1. The Kier molecular flexibility index (Phi) is 4.34. The molecule has 0 saturated heterocycles. The molecule has 0 bridgehead atoms. The summed E-state index contributed by atoms with van der Waals surface area (Å²) in [5.74, 6) is 0.948. The number of nitrogens with zero attached hydrogens (tertiary/aromatic N) is 1. The van der Waals surface area contributed by atoms with Gasteiger partial charge in [0.25, 0.3) is 0 Å². The molecule has 0 aromatic carbocycles. The lowest BCUT2D eigenvalue weighted by Gasteiger charge is -2.16. The molecule has 0 aliphatic carbocycles. The number of hydrogen-bond donors (Lipinski definition) is 1. The van der Waals surface area contributed by atoms with Crippen molar-refractivity contribution in [2.24, 2.45) is 0 Å². The summed E-state index contributed by atoms with van der Waals surface area (Å²) in [6, 6.07) is 6.17. The number of aromatic nitrogens is 1. The van der Waals surface area contributed by atoms with Crippen LogP contribution in [0.4, 0.5) is 0 Å². The maximum Gasteiger partial charge on any atom is 0.135 e. The first-order chi connectivity index (χ1) is 8.31. The number of nitrogens with one attached hydrogen (secondary N) is 1. The Bertz CT molecular complexity index is 455. The third-order valence-corrected chi connectivity index (χ3v) is 3.26. The first kappa shape index (κ1) is 12.3. The highest BCUT2D eigenvalue weighted by atomic mass is 79.9. The predicted octanol–water partition coefficient (Wildman–Crippen LogP) is 3.33. The van der Waals surface area contributed by atoms with Gasteiger partial charge >= 0.3 is 0 Å². The molecule has 90 valence electrons. The fraction of sp³-hybridized carbons (Fsp3) is 0.308. The zero-order valence-corrected chi connectivity index (χ0v) is 11.3. The van der Waals surface area contributed by atoms with Gasteiger partial charge in [0.05, 0.1) is 16.8 Å². The standard InChI is InChI=1S/C13H15BrN2O/c1-2-16-12(13-11(14)5-8-17-13)9-10-3-6-15-7-4-10/h3-8,12,16H,2,9H2,1H3. The molecule has 0 aliphatic heterocycles. The van der Waals surface area contributed by atoms with Gasteiger partial charge in [-0.3, -0.25) is 4.98 Å². The molecule has 17 heavy (non-hydrogen) atoms. The van der Waals surface area contributed by atoms with Crippen LogP contribution in [0, 0.1) is 0 Å². The molecule has 1 N–H and O–H groups in total. The van der Waals surface area contributed by atoms with E-state index in [-0.39, 0.29) is 6.04 Å². The predicted molar refractivity (Wildman–Crippen MR) is 70.8 cm³/mol. The first-order valence-corrected chi connectivity index (χ1v) is 6.45. The summed E-state index contributed by atoms with van der Waals surface area (Å²) in [6.45, 7) is 3.00. The molecule has 3 nitrogen and oxygen atoms in total. The van der Waals surface area contributed by atoms with Gasteiger partial charge in [-0.2, -0.15) is 0 Å². The van der Waals surface area contributed by atoms with Crippen molar-refractivity contribution in [2.45, 2.75) is 19.4 Å². The quantitative estimate of drug-likeness (QED) is 0.919. The minimum atomic E-state index is 0.187. The van der Waals surface area contributed by atoms with Crippen LogP contribution in [0.2, 0.25) is 0 Å². The van der Waals surface area contributed by atoms with Gasteiger partial charge in [-0.1, -0.05) is 6.92 Å². The van der Waals surface area contributed by atoms with E-state index >= 15 is 0 Å². The molecule has 0 fully saturated rings. The van der Waals surface area contributed by atoms with Gasteiger partial charge in [-0.15, -0.1) is 0 Å². The highest BCUT2D eigenvalue weighted by Crippen LogP contribution is 2.26. The summed E-state index contributed by atoms with van der Waals surface area (Å²) in [6.07, 6.45) is 6.23. The molecule has 2 heterocycles. The van der Waals surface area contributed by atoms with Crippen LogP contribution in [0.15, 0.2) is 45.7 Å². The minimum Gasteiger partial charge on any atom is -0.466 e. The van der Waals surface area contributed by atoms with E-state index in [1.165, 1.54) is 5.56 Å². The summed E-state index contributed by atoms with van der Waals surface area (Å²) < 4.78 is 6.54. The van der Waals surface area contributed by atoms with Gasteiger partial charge in [-0.25, -0.2) is 0 Å². The van der Waals surface area contributed by atoms with Gasteiger partial charge in [-0.05, 0) is 52.7 Å². The van der Waals surface area contributed by atoms with Crippen molar-refractivity contribution < 1.29 is 4.42 Å². The van der Waals surface area contributed by atoms with Crippen LogP contribution in [0.25, 0.3) is 0 Å². The summed E-state index contributed by atoms with van der Waals surface area (Å²) in [5.41, 5.74) is 1.24. The number of likely N-dealkylation sites (N-methyl/N-ethyl adjacent to an activating group) is 1. The number of hydrogen-bond acceptors (Lipinski definition) is 3. The Balaban J connectivity index is 2.16. The maximum atomic E-state index is 5.53. The van der Waals surface area contributed by atoms with Crippen molar-refractivity contribution in [3.8, 4) is 0 Å². The molecule has 0 saturated carbocycles. The molecule has 0 radical (unpaired) electrons. The number of rotatable bonds is 5. The highest BCUT2D eigenvalue weighted by molar-refractivity contribution is 9.10. The molecular formula is C13H15BrN2O. The first-order valence-electron chi connectivity index (χ1n) is 5.66. The van der Waals surface area contributed by atoms with E-state index in [4.69, 9.17) is 4.42 Å². The van der Waals surface area contributed by atoms with Crippen molar-refractivity contribution in [1.29, 1.82) is 0 Å². The number of pyridine rings is 1. The van der Waals surface area contributed by atoms with Crippen molar-refractivity contribution in [1.82, 2.24) is 10.3 Å². The molecule has 0 amide bonds. The van der Waals surface area contributed by atoms with Gasteiger partial charge in [0.15, 0.2) is 0 Å². The molecule has 2 rings (SSSR count). The Labute approximate surface area is 109 Å². The Hall–Kier alpha value is -1.13. The second kappa shape index (κ2) is 5.98. The molecule has 1 unspecified atom stereocenters. The topological polar surface area (TPSA) is 38.1 Å². The van der Waals surface area contributed by atoms with E-state index in [0.29, 0.717) is 0 Å². The number of halogens is 1. The zero-order valence-electron chi connectivity index (χ0n) is 9.69. The normalized spacial score (nSPS) is 12.6. The van der Waals surface area contributed by atoms with Gasteiger partial charge in [0.1, 0.15) is 5.76 Å². The SMILES string of the molecule is CCNC(Cc1ccncc1)c1occc1Br. The summed E-state index contributed by atoms with van der Waals surface area (Å²) >= 11 is 3.50. The Morgan fingerprint density at radius 2 is 2.12 bits per heavy atom. The lowest BCUT2D eigenvalue weighted by atomic mass is 10.1. The van der Waals surface area contributed by atoms with E-state index in [0.717, 1.165) is 23.2 Å². The smallest absolute Gasteiger partial charge is 0.135 e. The molecular weight excluding hydrogens is 280 g/mol. The zero-order chi connectivity index (χ0) is 12.1. The van der Waals surface area contributed by atoms with Gasteiger partial charge in [0.2, 0.25) is 0 Å². The van der Waals surface area contributed by atoms with Gasteiger partial charge in [0, 0.05) is 12.4 Å². The van der Waals surface area contributed by atoms with Crippen LogP contribution in [-0.2, 0) is 6.42 Å². The molecule has 4 heteroatoms. The fourth-order valence-corrected chi connectivity index (χ4v) is 2.29. The third kappa shape index (κ3) is 3.17. The van der Waals surface area contributed by atoms with Crippen LogP contribution in [0.5, 0.6) is 0 Å². The lowest BCUT2D eigenvalue weighted by molar-refractivity contribution is 0.414. The van der Waals surface area contributed by atoms with Crippen molar-refractivity contribution in [3.63, 3.8) is 0 Å². The maximum absolute atomic E-state index is 5.53. The van der Waals surface area contributed by atoms with E-state index in [9.17, 15) is 0 Å². The molecule has 0 spiro atoms. The molecule has 2 aromatic rings. The fourth-order valence-electron chi connectivity index (χ4n) is 1.81. The van der Waals surface area contributed by atoms with Crippen molar-refractivity contribution >= 4 is 15.9 Å². The van der Waals surface area contributed by atoms with Crippen LogP contribution in [0.3, 0.4) is 0 Å². The van der Waals surface area contributed by atoms with Crippen LogP contribution in [0.1, 0.15) is 24.3 Å². The molecule has 1 atom stereocenters. The second-order valence-corrected chi connectivity index (χ2v) is 4.66. The second-order valence-electron chi connectivity index (χ2n) is 3.80. The minimum absolute atomic E-state index is 0.187. The van der Waals surface area contributed by atoms with E-state index < -0.39 is 0 Å². The van der Waals surface area contributed by atoms with Crippen molar-refractivity contribution in [2.75, 3.05) is 6.54 Å².